The summed E-state index contributed by atoms with van der Waals surface area (Å²) >= 11 is 0. The van der Waals surface area contributed by atoms with Gasteiger partial charge in [-0.05, 0) is 19.4 Å². The number of carboxylic acids is 1. The maximum absolute atomic E-state index is 11.5. The predicted molar refractivity (Wildman–Crippen MR) is 68.7 cm³/mol. The number of imidazole rings is 1. The third-order valence-corrected chi connectivity index (χ3v) is 2.99. The van der Waals surface area contributed by atoms with Crippen LogP contribution in [0.2, 0.25) is 0 Å². The van der Waals surface area contributed by atoms with Crippen molar-refractivity contribution in [3.8, 4) is 0 Å². The first-order valence-corrected chi connectivity index (χ1v) is 6.89. The third kappa shape index (κ3) is 7.13. The van der Waals surface area contributed by atoms with Gasteiger partial charge >= 0.3 is 12.1 Å². The number of hydrogen-bond acceptors (Lipinski definition) is 5. The SMILES string of the molecule is C[n+]1ccn(CCOC(=O)[C@@H]2CCCN2)c1.O=C([O-])C(F)(F)F. The maximum Gasteiger partial charge on any atom is 0.430 e. The molecule has 1 aromatic heterocycles. The zero-order chi connectivity index (χ0) is 17.5. The van der Waals surface area contributed by atoms with E-state index in [1.54, 1.807) is 0 Å². The lowest BCUT2D eigenvalue weighted by Crippen LogP contribution is -2.37. The second-order valence-corrected chi connectivity index (χ2v) is 4.92. The number of aryl methyl sites for hydroxylation is 1. The minimum atomic E-state index is -5.19. The summed E-state index contributed by atoms with van der Waals surface area (Å²) in [6.45, 7) is 2.07. The number of halogens is 3. The van der Waals surface area contributed by atoms with Gasteiger partial charge in [-0.25, -0.2) is 9.13 Å². The Morgan fingerprint density at radius 2 is 2.13 bits per heavy atom. The van der Waals surface area contributed by atoms with Gasteiger partial charge in [0.1, 0.15) is 37.6 Å². The summed E-state index contributed by atoms with van der Waals surface area (Å²) < 4.78 is 40.7. The molecule has 23 heavy (non-hydrogen) atoms. The molecule has 130 valence electrons. The first-order valence-electron chi connectivity index (χ1n) is 6.89. The van der Waals surface area contributed by atoms with Gasteiger partial charge in [-0.1, -0.05) is 0 Å². The summed E-state index contributed by atoms with van der Waals surface area (Å²) in [4.78, 5) is 20.3. The number of carbonyl (C=O) groups excluding carboxylic acids is 2. The lowest BCUT2D eigenvalue weighted by Gasteiger charge is -2.08. The van der Waals surface area contributed by atoms with Crippen LogP contribution in [-0.2, 0) is 27.9 Å². The Labute approximate surface area is 130 Å². The zero-order valence-electron chi connectivity index (χ0n) is 12.5. The Morgan fingerprint density at radius 1 is 1.48 bits per heavy atom. The van der Waals surface area contributed by atoms with Crippen molar-refractivity contribution in [2.45, 2.75) is 31.6 Å². The standard InChI is InChI=1S/C11H18N3O2.C2HF3O2/c1-13-5-6-14(9-13)7-8-16-11(15)10-3-2-4-12-10;3-2(4,5)1(6)7/h5-6,9-10,12H,2-4,7-8H2,1H3;(H,6,7)/q+1;/p-1/t10-;/m0./s1. The summed E-state index contributed by atoms with van der Waals surface area (Å²) in [5.74, 6) is -3.12. The van der Waals surface area contributed by atoms with Crippen LogP contribution in [0.3, 0.4) is 0 Å². The van der Waals surface area contributed by atoms with Gasteiger partial charge in [0, 0.05) is 0 Å². The fourth-order valence-corrected chi connectivity index (χ4v) is 1.87. The monoisotopic (exact) mass is 337 g/mol. The van der Waals surface area contributed by atoms with Crippen molar-refractivity contribution >= 4 is 11.9 Å². The molecule has 0 spiro atoms. The summed E-state index contributed by atoms with van der Waals surface area (Å²) in [5, 5.41) is 11.9. The van der Waals surface area contributed by atoms with E-state index in [1.807, 2.05) is 34.9 Å². The van der Waals surface area contributed by atoms with Crippen LogP contribution in [0.5, 0.6) is 0 Å². The highest BCUT2D eigenvalue weighted by molar-refractivity contribution is 5.76. The fourth-order valence-electron chi connectivity index (χ4n) is 1.87. The van der Waals surface area contributed by atoms with Gasteiger partial charge in [-0.3, -0.25) is 4.79 Å². The molecular weight excluding hydrogens is 319 g/mol. The molecule has 0 aliphatic carbocycles. The van der Waals surface area contributed by atoms with Crippen LogP contribution in [0.1, 0.15) is 12.8 Å². The zero-order valence-corrected chi connectivity index (χ0v) is 12.5. The van der Waals surface area contributed by atoms with E-state index in [-0.39, 0.29) is 12.0 Å². The topological polar surface area (TPSA) is 87.3 Å². The molecule has 0 aromatic carbocycles. The number of carbonyl (C=O) groups is 2. The van der Waals surface area contributed by atoms with Crippen molar-refractivity contribution in [2.75, 3.05) is 13.2 Å². The van der Waals surface area contributed by atoms with Crippen LogP contribution in [0.15, 0.2) is 18.7 Å². The van der Waals surface area contributed by atoms with Gasteiger partial charge < -0.3 is 20.0 Å². The number of aliphatic carboxylic acids is 1. The molecule has 0 radical (unpaired) electrons. The van der Waals surface area contributed by atoms with E-state index in [0.717, 1.165) is 19.4 Å². The Kier molecular flexibility index (Phi) is 7.01. The van der Waals surface area contributed by atoms with Crippen molar-refractivity contribution in [1.29, 1.82) is 0 Å². The third-order valence-electron chi connectivity index (χ3n) is 2.99. The Balaban J connectivity index is 0.000000322. The van der Waals surface area contributed by atoms with E-state index in [2.05, 4.69) is 5.32 Å². The average molecular weight is 337 g/mol. The van der Waals surface area contributed by atoms with Crippen LogP contribution in [0.25, 0.3) is 0 Å². The van der Waals surface area contributed by atoms with E-state index >= 15 is 0 Å². The van der Waals surface area contributed by atoms with Gasteiger partial charge in [0.25, 0.3) is 0 Å². The number of nitrogens with zero attached hydrogens (tertiary/aromatic N) is 2. The fraction of sp³-hybridized carbons (Fsp3) is 0.615. The maximum atomic E-state index is 11.5. The van der Waals surface area contributed by atoms with Gasteiger partial charge in [0.2, 0.25) is 6.33 Å². The summed E-state index contributed by atoms with van der Waals surface area (Å²) in [7, 11) is 1.96. The number of alkyl halides is 3. The van der Waals surface area contributed by atoms with Crippen molar-refractivity contribution in [2.24, 2.45) is 7.05 Å². The van der Waals surface area contributed by atoms with Crippen molar-refractivity contribution in [1.82, 2.24) is 9.88 Å². The predicted octanol–water partition coefficient (Wildman–Crippen LogP) is -1.09. The number of esters is 1. The molecule has 0 amide bonds. The lowest BCUT2D eigenvalue weighted by molar-refractivity contribution is -0.671. The van der Waals surface area contributed by atoms with Crippen LogP contribution in [0.4, 0.5) is 13.2 Å². The highest BCUT2D eigenvalue weighted by Crippen LogP contribution is 2.11. The molecule has 1 atom stereocenters. The molecule has 1 aliphatic heterocycles. The van der Waals surface area contributed by atoms with Crippen LogP contribution < -0.4 is 15.0 Å². The molecule has 7 nitrogen and oxygen atoms in total. The number of carboxylic acid groups (broad SMARTS) is 1. The number of aromatic nitrogens is 2. The van der Waals surface area contributed by atoms with Gasteiger partial charge in [-0.2, -0.15) is 13.2 Å². The molecule has 10 heteroatoms. The number of nitrogens with one attached hydrogen (secondary N) is 1. The molecule has 2 heterocycles. The van der Waals surface area contributed by atoms with E-state index < -0.39 is 12.1 Å². The lowest BCUT2D eigenvalue weighted by atomic mass is 10.2. The molecule has 2 rings (SSSR count). The largest absolute Gasteiger partial charge is 0.542 e. The van der Waals surface area contributed by atoms with E-state index in [9.17, 15) is 18.0 Å². The second kappa shape index (κ2) is 8.51. The van der Waals surface area contributed by atoms with Crippen LogP contribution in [0, 0.1) is 0 Å². The normalized spacial score (nSPS) is 17.3. The van der Waals surface area contributed by atoms with E-state index in [1.165, 1.54) is 0 Å². The molecule has 1 aliphatic rings. The molecule has 0 bridgehead atoms. The smallest absolute Gasteiger partial charge is 0.430 e. The molecule has 1 fully saturated rings. The minimum absolute atomic E-state index is 0.0826. The molecular formula is C13H18F3N3O4. The van der Waals surface area contributed by atoms with Gasteiger partial charge in [-0.15, -0.1) is 0 Å². The quantitative estimate of drug-likeness (QED) is 0.557. The van der Waals surface area contributed by atoms with Crippen LogP contribution in [-0.4, -0.2) is 41.9 Å². The summed E-state index contributed by atoms with van der Waals surface area (Å²) in [5.41, 5.74) is 0. The van der Waals surface area contributed by atoms with Crippen molar-refractivity contribution in [3.63, 3.8) is 0 Å². The highest BCUT2D eigenvalue weighted by Gasteiger charge is 2.28. The van der Waals surface area contributed by atoms with Crippen molar-refractivity contribution in [3.05, 3.63) is 18.7 Å². The van der Waals surface area contributed by atoms with Gasteiger partial charge in [0.05, 0.1) is 7.05 Å². The second-order valence-electron chi connectivity index (χ2n) is 4.92. The molecule has 1 saturated heterocycles. The van der Waals surface area contributed by atoms with E-state index in [4.69, 9.17) is 14.6 Å². The number of ether oxygens (including phenoxy) is 1. The average Bonchev–Trinajstić information content (AvgIpc) is 3.10. The Hall–Kier alpha value is -2.10. The number of rotatable bonds is 4. The molecule has 0 saturated carbocycles. The molecule has 1 N–H and O–H groups in total. The van der Waals surface area contributed by atoms with E-state index in [0.29, 0.717) is 13.2 Å². The first kappa shape index (κ1) is 18.9. The first-order chi connectivity index (χ1) is 10.7. The summed E-state index contributed by atoms with van der Waals surface area (Å²) in [6, 6.07) is -0.0826. The van der Waals surface area contributed by atoms with Crippen molar-refractivity contribution < 1.29 is 37.2 Å². The summed E-state index contributed by atoms with van der Waals surface area (Å²) in [6.07, 6.45) is 2.65. The Morgan fingerprint density at radius 3 is 2.57 bits per heavy atom. The minimum Gasteiger partial charge on any atom is -0.542 e. The van der Waals surface area contributed by atoms with Gasteiger partial charge in [0.15, 0.2) is 0 Å². The van der Waals surface area contributed by atoms with Crippen LogP contribution >= 0.6 is 0 Å². The Bertz CT molecular complexity index is 525. The molecule has 1 aromatic rings. The number of hydrogen-bond donors (Lipinski definition) is 1. The molecule has 0 unspecified atom stereocenters. The highest BCUT2D eigenvalue weighted by atomic mass is 19.4.